The maximum absolute atomic E-state index is 4.16. The van der Waals surface area contributed by atoms with Gasteiger partial charge in [-0.25, -0.2) is 9.97 Å². The Balaban J connectivity index is 2.37. The highest BCUT2D eigenvalue weighted by molar-refractivity contribution is 5.74. The minimum atomic E-state index is 0.741. The molecule has 2 heterocycles. The summed E-state index contributed by atoms with van der Waals surface area (Å²) in [6.45, 7) is 2.01. The Morgan fingerprint density at radius 3 is 2.46 bits per heavy atom. The highest BCUT2D eigenvalue weighted by Crippen LogP contribution is 2.18. The van der Waals surface area contributed by atoms with Gasteiger partial charge < -0.3 is 10.9 Å². The minimum absolute atomic E-state index is 0.741. The molecule has 4 heteroatoms. The maximum Gasteiger partial charge on any atom is 0.160 e. The number of hydrogen-bond acceptors (Lipinski definition) is 4. The SMILES string of the molecule is CC1=CNNC=C1c1ncccn1. The van der Waals surface area contributed by atoms with Gasteiger partial charge >= 0.3 is 0 Å². The maximum atomic E-state index is 4.16. The molecule has 0 radical (unpaired) electrons. The monoisotopic (exact) mass is 174 g/mol. The molecule has 4 nitrogen and oxygen atoms in total. The fourth-order valence-electron chi connectivity index (χ4n) is 1.13. The summed E-state index contributed by atoms with van der Waals surface area (Å²) in [5, 5.41) is 0. The van der Waals surface area contributed by atoms with E-state index < -0.39 is 0 Å². The summed E-state index contributed by atoms with van der Waals surface area (Å²) in [5.74, 6) is 0.741. The van der Waals surface area contributed by atoms with Crippen LogP contribution < -0.4 is 10.9 Å². The molecule has 1 aliphatic heterocycles. The quantitative estimate of drug-likeness (QED) is 0.662. The van der Waals surface area contributed by atoms with Crippen molar-refractivity contribution in [2.24, 2.45) is 0 Å². The Morgan fingerprint density at radius 1 is 1.08 bits per heavy atom. The normalized spacial score (nSPS) is 15.2. The first-order chi connectivity index (χ1) is 6.38. The molecule has 0 unspecified atom stereocenters. The molecule has 0 aliphatic carbocycles. The van der Waals surface area contributed by atoms with Crippen LogP contribution >= 0.6 is 0 Å². The molecule has 1 aromatic rings. The van der Waals surface area contributed by atoms with Gasteiger partial charge in [0.1, 0.15) is 0 Å². The first-order valence-electron chi connectivity index (χ1n) is 4.03. The molecule has 0 amide bonds. The lowest BCUT2D eigenvalue weighted by Crippen LogP contribution is -2.25. The van der Waals surface area contributed by atoms with Gasteiger partial charge in [0.15, 0.2) is 5.82 Å². The van der Waals surface area contributed by atoms with E-state index in [1.165, 1.54) is 0 Å². The zero-order valence-corrected chi connectivity index (χ0v) is 7.28. The van der Waals surface area contributed by atoms with Crippen LogP contribution in [0.4, 0.5) is 0 Å². The van der Waals surface area contributed by atoms with Gasteiger partial charge in [-0.2, -0.15) is 0 Å². The summed E-state index contributed by atoms with van der Waals surface area (Å²) in [4.78, 5) is 8.33. The predicted molar refractivity (Wildman–Crippen MR) is 50.0 cm³/mol. The molecular weight excluding hydrogens is 164 g/mol. The predicted octanol–water partition coefficient (Wildman–Crippen LogP) is 0.829. The summed E-state index contributed by atoms with van der Waals surface area (Å²) in [6, 6.07) is 1.80. The standard InChI is InChI=1S/C9H10N4/c1-7-5-12-13-6-8(7)9-10-3-2-4-11-9/h2-6,12-13H,1H3. The lowest BCUT2D eigenvalue weighted by molar-refractivity contribution is 0.761. The van der Waals surface area contributed by atoms with Crippen LogP contribution in [0.15, 0.2) is 36.4 Å². The van der Waals surface area contributed by atoms with Crippen LogP contribution in [-0.4, -0.2) is 9.97 Å². The van der Waals surface area contributed by atoms with Crippen molar-refractivity contribution in [3.63, 3.8) is 0 Å². The highest BCUT2D eigenvalue weighted by Gasteiger charge is 2.08. The number of aromatic nitrogens is 2. The van der Waals surface area contributed by atoms with Crippen molar-refractivity contribution >= 4 is 5.57 Å². The van der Waals surface area contributed by atoms with Gasteiger partial charge in [0.05, 0.1) is 0 Å². The van der Waals surface area contributed by atoms with Gasteiger partial charge in [-0.3, -0.25) is 0 Å². The number of rotatable bonds is 1. The zero-order chi connectivity index (χ0) is 9.10. The van der Waals surface area contributed by atoms with Gasteiger partial charge in [-0.05, 0) is 18.6 Å². The van der Waals surface area contributed by atoms with E-state index in [1.807, 2.05) is 19.3 Å². The largest absolute Gasteiger partial charge is 0.308 e. The molecule has 0 spiro atoms. The molecule has 66 valence electrons. The molecular formula is C9H10N4. The Bertz CT molecular complexity index is 353. The molecule has 2 N–H and O–H groups in total. The van der Waals surface area contributed by atoms with Crippen molar-refractivity contribution in [2.75, 3.05) is 0 Å². The average molecular weight is 174 g/mol. The summed E-state index contributed by atoms with van der Waals surface area (Å²) >= 11 is 0. The van der Waals surface area contributed by atoms with Crippen molar-refractivity contribution in [2.45, 2.75) is 6.92 Å². The number of allylic oxidation sites excluding steroid dienone is 2. The Morgan fingerprint density at radius 2 is 1.77 bits per heavy atom. The van der Waals surface area contributed by atoms with E-state index in [2.05, 4.69) is 20.8 Å². The van der Waals surface area contributed by atoms with Crippen molar-refractivity contribution in [1.29, 1.82) is 0 Å². The van der Waals surface area contributed by atoms with E-state index in [0.29, 0.717) is 0 Å². The molecule has 0 bridgehead atoms. The van der Waals surface area contributed by atoms with Crippen LogP contribution in [0, 0.1) is 0 Å². The number of nitrogens with one attached hydrogen (secondary N) is 2. The Labute approximate surface area is 76.4 Å². The summed E-state index contributed by atoms with van der Waals surface area (Å²) < 4.78 is 0. The van der Waals surface area contributed by atoms with Crippen molar-refractivity contribution in [3.8, 4) is 0 Å². The van der Waals surface area contributed by atoms with E-state index in [4.69, 9.17) is 0 Å². The van der Waals surface area contributed by atoms with Gasteiger partial charge in [-0.1, -0.05) is 0 Å². The molecule has 13 heavy (non-hydrogen) atoms. The smallest absolute Gasteiger partial charge is 0.160 e. The van der Waals surface area contributed by atoms with E-state index in [-0.39, 0.29) is 0 Å². The molecule has 0 atom stereocenters. The summed E-state index contributed by atoms with van der Waals surface area (Å²) in [6.07, 6.45) is 7.20. The second kappa shape index (κ2) is 3.26. The summed E-state index contributed by atoms with van der Waals surface area (Å²) in [7, 11) is 0. The molecule has 2 rings (SSSR count). The third-order valence-corrected chi connectivity index (χ3v) is 1.82. The lowest BCUT2D eigenvalue weighted by Gasteiger charge is -2.13. The average Bonchev–Trinajstić information content (AvgIpc) is 2.20. The fraction of sp³-hybridized carbons (Fsp3) is 0.111. The van der Waals surface area contributed by atoms with E-state index >= 15 is 0 Å². The van der Waals surface area contributed by atoms with Gasteiger partial charge in [0, 0.05) is 30.4 Å². The zero-order valence-electron chi connectivity index (χ0n) is 7.28. The Kier molecular flexibility index (Phi) is 1.96. The van der Waals surface area contributed by atoms with Crippen molar-refractivity contribution in [1.82, 2.24) is 20.8 Å². The van der Waals surface area contributed by atoms with Crippen molar-refractivity contribution < 1.29 is 0 Å². The van der Waals surface area contributed by atoms with Crippen LogP contribution in [0.25, 0.3) is 5.57 Å². The molecule has 1 aromatic heterocycles. The third kappa shape index (κ3) is 1.51. The van der Waals surface area contributed by atoms with E-state index in [0.717, 1.165) is 17.0 Å². The van der Waals surface area contributed by atoms with Gasteiger partial charge in [-0.15, -0.1) is 0 Å². The molecule has 0 saturated heterocycles. The second-order valence-corrected chi connectivity index (χ2v) is 2.75. The van der Waals surface area contributed by atoms with Crippen LogP contribution in [0.2, 0.25) is 0 Å². The number of nitrogens with zero attached hydrogens (tertiary/aromatic N) is 2. The fourth-order valence-corrected chi connectivity index (χ4v) is 1.13. The number of hydrazine groups is 1. The van der Waals surface area contributed by atoms with Crippen molar-refractivity contribution in [3.05, 3.63) is 42.3 Å². The van der Waals surface area contributed by atoms with Crippen LogP contribution in [0.3, 0.4) is 0 Å². The second-order valence-electron chi connectivity index (χ2n) is 2.75. The van der Waals surface area contributed by atoms with E-state index in [1.54, 1.807) is 18.5 Å². The topological polar surface area (TPSA) is 49.8 Å². The Hall–Kier alpha value is -1.84. The molecule has 1 aliphatic rings. The van der Waals surface area contributed by atoms with Crippen LogP contribution in [0.1, 0.15) is 12.7 Å². The molecule has 0 fully saturated rings. The van der Waals surface area contributed by atoms with E-state index in [9.17, 15) is 0 Å². The summed E-state index contributed by atoms with van der Waals surface area (Å²) in [5.41, 5.74) is 7.91. The molecule has 0 aromatic carbocycles. The third-order valence-electron chi connectivity index (χ3n) is 1.82. The van der Waals surface area contributed by atoms with Gasteiger partial charge in [0.25, 0.3) is 0 Å². The first-order valence-corrected chi connectivity index (χ1v) is 4.03. The van der Waals surface area contributed by atoms with Crippen LogP contribution in [-0.2, 0) is 0 Å². The highest BCUT2D eigenvalue weighted by atomic mass is 15.3. The lowest BCUT2D eigenvalue weighted by atomic mass is 10.1. The first kappa shape index (κ1) is 7.79. The van der Waals surface area contributed by atoms with Crippen LogP contribution in [0.5, 0.6) is 0 Å². The molecule has 0 saturated carbocycles. The number of hydrogen-bond donors (Lipinski definition) is 2. The van der Waals surface area contributed by atoms with Gasteiger partial charge in [0.2, 0.25) is 0 Å². The minimum Gasteiger partial charge on any atom is -0.308 e.